The lowest BCUT2D eigenvalue weighted by Crippen LogP contribution is -2.42. The van der Waals surface area contributed by atoms with Crippen LogP contribution in [-0.4, -0.2) is 55.5 Å². The van der Waals surface area contributed by atoms with Crippen molar-refractivity contribution in [3.63, 3.8) is 0 Å². The van der Waals surface area contributed by atoms with E-state index in [9.17, 15) is 4.79 Å². The van der Waals surface area contributed by atoms with Gasteiger partial charge in [-0.2, -0.15) is 0 Å². The molecule has 2 atom stereocenters. The molecule has 1 saturated heterocycles. The molecule has 1 aliphatic rings. The summed E-state index contributed by atoms with van der Waals surface area (Å²) >= 11 is 0. The van der Waals surface area contributed by atoms with Crippen molar-refractivity contribution in [3.8, 4) is 0 Å². The molecule has 0 aromatic rings. The van der Waals surface area contributed by atoms with Crippen molar-refractivity contribution < 1.29 is 4.79 Å². The molecule has 0 saturated carbocycles. The topological polar surface area (TPSA) is 49.6 Å². The zero-order valence-electron chi connectivity index (χ0n) is 13.1. The minimum atomic E-state index is 0.306. The third-order valence-corrected chi connectivity index (χ3v) is 3.87. The number of likely N-dealkylation sites (N-methyl/N-ethyl adjacent to an activating group) is 1. The summed E-state index contributed by atoms with van der Waals surface area (Å²) in [6.07, 6.45) is 3.95. The number of nitrogens with two attached hydrogens (primary N) is 1. The molecule has 2 unspecified atom stereocenters. The summed E-state index contributed by atoms with van der Waals surface area (Å²) in [5.41, 5.74) is 5.80. The van der Waals surface area contributed by atoms with Crippen molar-refractivity contribution in [3.05, 3.63) is 0 Å². The molecule has 1 rings (SSSR count). The fourth-order valence-electron chi connectivity index (χ4n) is 3.07. The van der Waals surface area contributed by atoms with Gasteiger partial charge in [0, 0.05) is 25.6 Å². The summed E-state index contributed by atoms with van der Waals surface area (Å²) in [5, 5.41) is 0. The Balaban J connectivity index is 2.51. The minimum Gasteiger partial charge on any atom is -0.338 e. The second kappa shape index (κ2) is 7.85. The number of rotatable bonds is 7. The van der Waals surface area contributed by atoms with Crippen LogP contribution in [0, 0.1) is 11.8 Å². The molecule has 0 aromatic heterocycles. The summed E-state index contributed by atoms with van der Waals surface area (Å²) in [6, 6.07) is 0.403. The van der Waals surface area contributed by atoms with E-state index in [2.05, 4.69) is 37.7 Å². The number of likely N-dealkylation sites (tertiary alicyclic amines) is 1. The van der Waals surface area contributed by atoms with Crippen molar-refractivity contribution in [1.82, 2.24) is 9.80 Å². The van der Waals surface area contributed by atoms with Gasteiger partial charge in [-0.1, -0.05) is 13.8 Å². The molecule has 1 amide bonds. The second-order valence-electron chi connectivity index (χ2n) is 6.58. The van der Waals surface area contributed by atoms with E-state index in [-0.39, 0.29) is 0 Å². The molecule has 0 aromatic carbocycles. The van der Waals surface area contributed by atoms with Gasteiger partial charge in [0.25, 0.3) is 0 Å². The zero-order chi connectivity index (χ0) is 14.4. The number of hydrogen-bond acceptors (Lipinski definition) is 3. The fourth-order valence-corrected chi connectivity index (χ4v) is 3.07. The Labute approximate surface area is 118 Å². The van der Waals surface area contributed by atoms with Gasteiger partial charge in [0.05, 0.1) is 0 Å². The first-order chi connectivity index (χ1) is 8.93. The van der Waals surface area contributed by atoms with Crippen LogP contribution in [0.1, 0.15) is 39.5 Å². The Morgan fingerprint density at radius 1 is 1.42 bits per heavy atom. The summed E-state index contributed by atoms with van der Waals surface area (Å²) in [6.45, 7) is 6.91. The molecule has 0 aliphatic carbocycles. The van der Waals surface area contributed by atoms with E-state index in [1.807, 2.05) is 0 Å². The fraction of sp³-hybridized carbons (Fsp3) is 0.933. The number of carbonyl (C=O) groups is 1. The molecular formula is C15H31N3O. The maximum Gasteiger partial charge on any atom is 0.223 e. The summed E-state index contributed by atoms with van der Waals surface area (Å²) in [7, 11) is 4.14. The van der Waals surface area contributed by atoms with E-state index in [4.69, 9.17) is 5.73 Å². The van der Waals surface area contributed by atoms with Gasteiger partial charge in [0.2, 0.25) is 5.91 Å². The highest BCUT2D eigenvalue weighted by molar-refractivity contribution is 5.77. The van der Waals surface area contributed by atoms with E-state index in [0.717, 1.165) is 32.4 Å². The van der Waals surface area contributed by atoms with Crippen LogP contribution >= 0.6 is 0 Å². The lowest BCUT2D eigenvalue weighted by atomic mass is 9.93. The first kappa shape index (κ1) is 16.4. The Kier molecular flexibility index (Phi) is 6.80. The van der Waals surface area contributed by atoms with Gasteiger partial charge in [0.15, 0.2) is 0 Å². The van der Waals surface area contributed by atoms with Crippen molar-refractivity contribution in [2.75, 3.05) is 33.7 Å². The van der Waals surface area contributed by atoms with Crippen molar-refractivity contribution >= 4 is 5.91 Å². The van der Waals surface area contributed by atoms with Crippen LogP contribution in [0.4, 0.5) is 0 Å². The van der Waals surface area contributed by atoms with Gasteiger partial charge in [-0.05, 0) is 51.7 Å². The SMILES string of the molecule is CC(C)CC(CN)CC(=O)N1CCCC1CN(C)C. The molecule has 0 bridgehead atoms. The highest BCUT2D eigenvalue weighted by Gasteiger charge is 2.29. The Hall–Kier alpha value is -0.610. The van der Waals surface area contributed by atoms with Crippen LogP contribution in [0.2, 0.25) is 0 Å². The molecule has 112 valence electrons. The summed E-state index contributed by atoms with van der Waals surface area (Å²) < 4.78 is 0. The van der Waals surface area contributed by atoms with Gasteiger partial charge >= 0.3 is 0 Å². The third kappa shape index (κ3) is 5.49. The summed E-state index contributed by atoms with van der Waals surface area (Å²) in [4.78, 5) is 16.7. The largest absolute Gasteiger partial charge is 0.338 e. The third-order valence-electron chi connectivity index (χ3n) is 3.87. The molecule has 4 nitrogen and oxygen atoms in total. The molecule has 2 N–H and O–H groups in total. The Morgan fingerprint density at radius 2 is 2.11 bits per heavy atom. The van der Waals surface area contributed by atoms with Crippen LogP contribution in [0.15, 0.2) is 0 Å². The van der Waals surface area contributed by atoms with Gasteiger partial charge in [-0.3, -0.25) is 4.79 Å². The van der Waals surface area contributed by atoms with E-state index in [0.29, 0.717) is 36.8 Å². The number of nitrogens with zero attached hydrogens (tertiary/aromatic N) is 2. The molecule has 4 heteroatoms. The maximum atomic E-state index is 12.4. The van der Waals surface area contributed by atoms with Crippen molar-refractivity contribution in [2.24, 2.45) is 17.6 Å². The predicted octanol–water partition coefficient (Wildman–Crippen LogP) is 1.55. The lowest BCUT2D eigenvalue weighted by Gasteiger charge is -2.29. The van der Waals surface area contributed by atoms with Crippen molar-refractivity contribution in [2.45, 2.75) is 45.6 Å². The van der Waals surface area contributed by atoms with Gasteiger partial charge in [0.1, 0.15) is 0 Å². The minimum absolute atomic E-state index is 0.306. The molecule has 1 fully saturated rings. The predicted molar refractivity (Wildman–Crippen MR) is 79.9 cm³/mol. The van der Waals surface area contributed by atoms with Gasteiger partial charge in [-0.25, -0.2) is 0 Å². The number of hydrogen-bond donors (Lipinski definition) is 1. The average Bonchev–Trinajstić information content (AvgIpc) is 2.74. The van der Waals surface area contributed by atoms with E-state index < -0.39 is 0 Å². The first-order valence-electron chi connectivity index (χ1n) is 7.58. The molecule has 0 radical (unpaired) electrons. The van der Waals surface area contributed by atoms with Crippen LogP contribution in [0.5, 0.6) is 0 Å². The molecule has 19 heavy (non-hydrogen) atoms. The normalized spacial score (nSPS) is 21.4. The average molecular weight is 269 g/mol. The quantitative estimate of drug-likeness (QED) is 0.763. The van der Waals surface area contributed by atoms with Crippen molar-refractivity contribution in [1.29, 1.82) is 0 Å². The van der Waals surface area contributed by atoms with E-state index >= 15 is 0 Å². The smallest absolute Gasteiger partial charge is 0.223 e. The van der Waals surface area contributed by atoms with Crippen LogP contribution in [-0.2, 0) is 4.79 Å². The number of carbonyl (C=O) groups excluding carboxylic acids is 1. The molecule has 1 heterocycles. The number of amides is 1. The standard InChI is InChI=1S/C15H31N3O/c1-12(2)8-13(10-16)9-15(19)18-7-5-6-14(18)11-17(3)4/h12-14H,5-11,16H2,1-4H3. The maximum absolute atomic E-state index is 12.4. The zero-order valence-corrected chi connectivity index (χ0v) is 13.1. The van der Waals surface area contributed by atoms with Gasteiger partial charge in [-0.15, -0.1) is 0 Å². The Morgan fingerprint density at radius 3 is 2.63 bits per heavy atom. The molecular weight excluding hydrogens is 238 g/mol. The highest BCUT2D eigenvalue weighted by Crippen LogP contribution is 2.22. The van der Waals surface area contributed by atoms with E-state index in [1.54, 1.807) is 0 Å². The molecule has 1 aliphatic heterocycles. The summed E-state index contributed by atoms with van der Waals surface area (Å²) in [5.74, 6) is 1.26. The monoisotopic (exact) mass is 269 g/mol. The van der Waals surface area contributed by atoms with Crippen LogP contribution in [0.3, 0.4) is 0 Å². The van der Waals surface area contributed by atoms with Crippen LogP contribution in [0.25, 0.3) is 0 Å². The van der Waals surface area contributed by atoms with Crippen LogP contribution < -0.4 is 5.73 Å². The highest BCUT2D eigenvalue weighted by atomic mass is 16.2. The molecule has 0 spiro atoms. The lowest BCUT2D eigenvalue weighted by molar-refractivity contribution is -0.133. The van der Waals surface area contributed by atoms with E-state index in [1.165, 1.54) is 0 Å². The van der Waals surface area contributed by atoms with Gasteiger partial charge < -0.3 is 15.5 Å². The first-order valence-corrected chi connectivity index (χ1v) is 7.58. The Bertz CT molecular complexity index is 279. The second-order valence-corrected chi connectivity index (χ2v) is 6.58.